The second kappa shape index (κ2) is 3.42. The molecule has 2 heterocycles. The minimum atomic E-state index is 0.0871. The molecule has 2 aromatic heterocycles. The standard InChI is InChI=1S/C11H10O2S/c1-7-3-4-10(13-7)9-5-6-14-11(9)8(2)12/h3-6H,1-2H3. The van der Waals surface area contributed by atoms with Crippen molar-refractivity contribution in [2.75, 3.05) is 0 Å². The molecule has 0 saturated carbocycles. The number of ketones is 1. The molecule has 2 nitrogen and oxygen atoms in total. The lowest BCUT2D eigenvalue weighted by Crippen LogP contribution is -1.88. The highest BCUT2D eigenvalue weighted by Gasteiger charge is 2.12. The van der Waals surface area contributed by atoms with E-state index in [0.29, 0.717) is 0 Å². The van der Waals surface area contributed by atoms with E-state index < -0.39 is 0 Å². The zero-order valence-corrected chi connectivity index (χ0v) is 8.85. The summed E-state index contributed by atoms with van der Waals surface area (Å²) >= 11 is 1.45. The van der Waals surface area contributed by atoms with Gasteiger partial charge >= 0.3 is 0 Å². The van der Waals surface area contributed by atoms with Crippen LogP contribution in [0.1, 0.15) is 22.4 Å². The number of carbonyl (C=O) groups is 1. The number of thiophene rings is 1. The lowest BCUT2D eigenvalue weighted by atomic mass is 10.2. The van der Waals surface area contributed by atoms with Gasteiger partial charge in [-0.15, -0.1) is 11.3 Å². The molecule has 0 aromatic carbocycles. The van der Waals surface area contributed by atoms with Gasteiger partial charge in [0.1, 0.15) is 11.5 Å². The highest BCUT2D eigenvalue weighted by atomic mass is 32.1. The van der Waals surface area contributed by atoms with Crippen molar-refractivity contribution in [3.8, 4) is 11.3 Å². The monoisotopic (exact) mass is 206 g/mol. The topological polar surface area (TPSA) is 30.2 Å². The molecule has 3 heteroatoms. The van der Waals surface area contributed by atoms with Crippen molar-refractivity contribution in [3.05, 3.63) is 34.2 Å². The van der Waals surface area contributed by atoms with Gasteiger partial charge in [-0.05, 0) is 37.4 Å². The number of hydrogen-bond acceptors (Lipinski definition) is 3. The van der Waals surface area contributed by atoms with Crippen LogP contribution in [-0.4, -0.2) is 5.78 Å². The summed E-state index contributed by atoms with van der Waals surface area (Å²) in [6, 6.07) is 5.71. The van der Waals surface area contributed by atoms with Crippen molar-refractivity contribution in [1.29, 1.82) is 0 Å². The Morgan fingerprint density at radius 1 is 1.36 bits per heavy atom. The largest absolute Gasteiger partial charge is 0.461 e. The van der Waals surface area contributed by atoms with Crippen LogP contribution < -0.4 is 0 Å². The fourth-order valence-corrected chi connectivity index (χ4v) is 2.16. The van der Waals surface area contributed by atoms with Crippen molar-refractivity contribution >= 4 is 17.1 Å². The first-order valence-corrected chi connectivity index (χ1v) is 5.21. The summed E-state index contributed by atoms with van der Waals surface area (Å²) in [5, 5.41) is 1.91. The average Bonchev–Trinajstić information content (AvgIpc) is 2.70. The van der Waals surface area contributed by atoms with E-state index in [1.54, 1.807) is 6.92 Å². The lowest BCUT2D eigenvalue weighted by Gasteiger charge is -1.95. The van der Waals surface area contributed by atoms with Gasteiger partial charge in [-0.3, -0.25) is 4.79 Å². The second-order valence-corrected chi connectivity index (χ2v) is 4.05. The summed E-state index contributed by atoms with van der Waals surface area (Å²) in [5.41, 5.74) is 0.899. The van der Waals surface area contributed by atoms with Crippen LogP contribution in [0.3, 0.4) is 0 Å². The van der Waals surface area contributed by atoms with Crippen LogP contribution in [0.25, 0.3) is 11.3 Å². The number of carbonyl (C=O) groups excluding carboxylic acids is 1. The Labute approximate surface area is 86.2 Å². The van der Waals surface area contributed by atoms with Crippen LogP contribution in [0, 0.1) is 6.92 Å². The van der Waals surface area contributed by atoms with Crippen molar-refractivity contribution in [1.82, 2.24) is 0 Å². The van der Waals surface area contributed by atoms with E-state index in [4.69, 9.17) is 4.42 Å². The number of furan rings is 1. The van der Waals surface area contributed by atoms with Gasteiger partial charge in [0, 0.05) is 5.56 Å². The molecule has 0 aliphatic carbocycles. The first-order valence-electron chi connectivity index (χ1n) is 4.33. The van der Waals surface area contributed by atoms with Gasteiger partial charge in [0.2, 0.25) is 0 Å². The molecule has 0 aliphatic heterocycles. The molecule has 14 heavy (non-hydrogen) atoms. The van der Waals surface area contributed by atoms with Crippen LogP contribution in [0.2, 0.25) is 0 Å². The zero-order valence-electron chi connectivity index (χ0n) is 8.03. The van der Waals surface area contributed by atoms with E-state index in [1.165, 1.54) is 11.3 Å². The molecule has 0 spiro atoms. The van der Waals surface area contributed by atoms with Crippen LogP contribution in [-0.2, 0) is 0 Å². The third-order valence-corrected chi connectivity index (χ3v) is 3.01. The van der Waals surface area contributed by atoms with E-state index in [-0.39, 0.29) is 5.78 Å². The van der Waals surface area contributed by atoms with Gasteiger partial charge in [0.05, 0.1) is 4.88 Å². The first-order chi connectivity index (χ1) is 6.68. The van der Waals surface area contributed by atoms with Crippen molar-refractivity contribution in [2.45, 2.75) is 13.8 Å². The van der Waals surface area contributed by atoms with E-state index in [2.05, 4.69) is 0 Å². The first kappa shape index (κ1) is 9.21. The van der Waals surface area contributed by atoms with Crippen LogP contribution >= 0.6 is 11.3 Å². The Kier molecular flexibility index (Phi) is 2.25. The van der Waals surface area contributed by atoms with Crippen molar-refractivity contribution in [3.63, 3.8) is 0 Å². The maximum Gasteiger partial charge on any atom is 0.170 e. The predicted molar refractivity (Wildman–Crippen MR) is 56.8 cm³/mol. The number of rotatable bonds is 2. The molecule has 0 atom stereocenters. The summed E-state index contributed by atoms with van der Waals surface area (Å²) in [7, 11) is 0. The smallest absolute Gasteiger partial charge is 0.170 e. The highest BCUT2D eigenvalue weighted by Crippen LogP contribution is 2.29. The van der Waals surface area contributed by atoms with Crippen LogP contribution in [0.15, 0.2) is 28.0 Å². The fourth-order valence-electron chi connectivity index (χ4n) is 1.36. The molecule has 2 aromatic rings. The normalized spacial score (nSPS) is 10.4. The summed E-state index contributed by atoms with van der Waals surface area (Å²) in [4.78, 5) is 12.0. The molecule has 0 radical (unpaired) electrons. The van der Waals surface area contributed by atoms with Crippen LogP contribution in [0.5, 0.6) is 0 Å². The summed E-state index contributed by atoms with van der Waals surface area (Å²) in [6.07, 6.45) is 0. The van der Waals surface area contributed by atoms with Gasteiger partial charge < -0.3 is 4.42 Å². The average molecular weight is 206 g/mol. The Morgan fingerprint density at radius 3 is 2.71 bits per heavy atom. The number of aryl methyl sites for hydroxylation is 1. The van der Waals surface area contributed by atoms with Gasteiger partial charge in [-0.2, -0.15) is 0 Å². The van der Waals surface area contributed by atoms with Crippen LogP contribution in [0.4, 0.5) is 0 Å². The van der Waals surface area contributed by atoms with E-state index >= 15 is 0 Å². The molecule has 72 valence electrons. The third-order valence-electron chi connectivity index (χ3n) is 1.99. The molecule has 0 fully saturated rings. The maximum absolute atomic E-state index is 11.3. The Morgan fingerprint density at radius 2 is 2.14 bits per heavy atom. The van der Waals surface area contributed by atoms with Crippen molar-refractivity contribution in [2.24, 2.45) is 0 Å². The Hall–Kier alpha value is -1.35. The van der Waals surface area contributed by atoms with E-state index in [0.717, 1.165) is 22.0 Å². The minimum Gasteiger partial charge on any atom is -0.461 e. The lowest BCUT2D eigenvalue weighted by molar-refractivity contribution is 0.102. The van der Waals surface area contributed by atoms with Gasteiger partial charge in [0.25, 0.3) is 0 Å². The molecule has 2 rings (SSSR count). The summed E-state index contributed by atoms with van der Waals surface area (Å²) < 4.78 is 5.47. The SMILES string of the molecule is CC(=O)c1sccc1-c1ccc(C)o1. The molecule has 0 aliphatic rings. The number of hydrogen-bond donors (Lipinski definition) is 0. The van der Waals surface area contributed by atoms with E-state index in [1.807, 2.05) is 30.5 Å². The molecule has 0 bridgehead atoms. The summed E-state index contributed by atoms with van der Waals surface area (Å²) in [6.45, 7) is 3.47. The Bertz CT molecular complexity index is 465. The molecule has 0 saturated heterocycles. The second-order valence-electron chi connectivity index (χ2n) is 3.13. The Balaban J connectivity index is 2.51. The van der Waals surface area contributed by atoms with Gasteiger partial charge in [0.15, 0.2) is 5.78 Å². The van der Waals surface area contributed by atoms with Gasteiger partial charge in [-0.25, -0.2) is 0 Å². The number of Topliss-reactive ketones (excluding diaryl/α,β-unsaturated/α-hetero) is 1. The summed E-state index contributed by atoms with van der Waals surface area (Å²) in [5.74, 6) is 1.72. The molecule has 0 unspecified atom stereocenters. The maximum atomic E-state index is 11.3. The molecule has 0 N–H and O–H groups in total. The fraction of sp³-hybridized carbons (Fsp3) is 0.182. The van der Waals surface area contributed by atoms with Crippen molar-refractivity contribution < 1.29 is 9.21 Å². The quantitative estimate of drug-likeness (QED) is 0.704. The molecular formula is C11H10O2S. The molecule has 0 amide bonds. The third kappa shape index (κ3) is 1.51. The van der Waals surface area contributed by atoms with E-state index in [9.17, 15) is 4.79 Å². The minimum absolute atomic E-state index is 0.0871. The predicted octanol–water partition coefficient (Wildman–Crippen LogP) is 3.52. The zero-order chi connectivity index (χ0) is 10.1. The highest BCUT2D eigenvalue weighted by molar-refractivity contribution is 7.12. The van der Waals surface area contributed by atoms with Gasteiger partial charge in [-0.1, -0.05) is 0 Å². The molecular weight excluding hydrogens is 196 g/mol.